The Morgan fingerprint density at radius 1 is 1.20 bits per heavy atom. The van der Waals surface area contributed by atoms with Gasteiger partial charge in [-0.1, -0.05) is 6.58 Å². The third-order valence-corrected chi connectivity index (χ3v) is 1.70. The van der Waals surface area contributed by atoms with Crippen molar-refractivity contribution in [1.29, 1.82) is 0 Å². The van der Waals surface area contributed by atoms with Crippen LogP contribution in [0.4, 0.5) is 0 Å². The molecule has 0 spiro atoms. The number of unbranched alkanes of at least 4 members (excludes halogenated alkanes) is 1. The summed E-state index contributed by atoms with van der Waals surface area (Å²) in [7, 11) is 0. The highest BCUT2D eigenvalue weighted by Crippen LogP contribution is 1.95. The molecule has 0 heterocycles. The first-order valence-corrected chi connectivity index (χ1v) is 5.25. The van der Waals surface area contributed by atoms with Crippen molar-refractivity contribution in [1.82, 2.24) is 0 Å². The number of carbonyl (C=O) groups is 2. The van der Waals surface area contributed by atoms with E-state index in [4.69, 9.17) is 21.1 Å². The normalized spacial score (nSPS) is 9.40. The highest BCUT2D eigenvalue weighted by atomic mass is 35.5. The summed E-state index contributed by atoms with van der Waals surface area (Å²) in [6.07, 6.45) is 2.67. The molecule has 0 fully saturated rings. The summed E-state index contributed by atoms with van der Waals surface area (Å²) >= 11 is 5.34. The van der Waals surface area contributed by atoms with Crippen molar-refractivity contribution in [3.05, 3.63) is 12.7 Å². The standard InChI is InChI=1S/C10H15ClO4/c1-2-9(12)14-7-3-4-8-15-10(13)5-6-11/h2H,1,3-8H2. The van der Waals surface area contributed by atoms with Crippen LogP contribution in [0.25, 0.3) is 0 Å². The average molecular weight is 235 g/mol. The summed E-state index contributed by atoms with van der Waals surface area (Å²) in [5.74, 6) is -0.460. The molecule has 86 valence electrons. The van der Waals surface area contributed by atoms with E-state index in [0.29, 0.717) is 26.1 Å². The number of carbonyl (C=O) groups excluding carboxylic acids is 2. The van der Waals surface area contributed by atoms with Crippen molar-refractivity contribution in [2.75, 3.05) is 19.1 Å². The number of hydrogen-bond acceptors (Lipinski definition) is 4. The maximum Gasteiger partial charge on any atom is 0.330 e. The molecule has 0 N–H and O–H groups in total. The second-order valence-electron chi connectivity index (χ2n) is 2.74. The second-order valence-corrected chi connectivity index (χ2v) is 3.12. The molecule has 0 rings (SSSR count). The van der Waals surface area contributed by atoms with E-state index >= 15 is 0 Å². The van der Waals surface area contributed by atoms with Gasteiger partial charge in [-0.2, -0.15) is 0 Å². The Labute approximate surface area is 94.2 Å². The van der Waals surface area contributed by atoms with Gasteiger partial charge in [-0.3, -0.25) is 4.79 Å². The molecule has 0 aromatic rings. The molecule has 0 amide bonds. The summed E-state index contributed by atoms with van der Waals surface area (Å²) < 4.78 is 9.56. The van der Waals surface area contributed by atoms with Crippen LogP contribution in [0.2, 0.25) is 0 Å². The lowest BCUT2D eigenvalue weighted by Gasteiger charge is -2.03. The first kappa shape index (κ1) is 14.0. The van der Waals surface area contributed by atoms with Crippen LogP contribution in [0.3, 0.4) is 0 Å². The highest BCUT2D eigenvalue weighted by molar-refractivity contribution is 6.18. The minimum Gasteiger partial charge on any atom is -0.466 e. The number of halogens is 1. The Morgan fingerprint density at radius 2 is 1.80 bits per heavy atom. The number of rotatable bonds is 8. The summed E-state index contributed by atoms with van der Waals surface area (Å²) in [6.45, 7) is 3.92. The molecule has 4 nitrogen and oxygen atoms in total. The van der Waals surface area contributed by atoms with Crippen molar-refractivity contribution < 1.29 is 19.1 Å². The molecule has 0 aromatic carbocycles. The third kappa shape index (κ3) is 9.28. The van der Waals surface area contributed by atoms with E-state index in [9.17, 15) is 9.59 Å². The molecular weight excluding hydrogens is 220 g/mol. The molecular formula is C10H15ClO4. The molecule has 0 aliphatic heterocycles. The Bertz CT molecular complexity index is 215. The predicted octanol–water partition coefficient (Wildman–Crippen LogP) is 1.67. The molecule has 0 aliphatic carbocycles. The third-order valence-electron chi connectivity index (χ3n) is 1.51. The van der Waals surface area contributed by atoms with Crippen molar-refractivity contribution >= 4 is 23.5 Å². The number of ether oxygens (including phenoxy) is 2. The summed E-state index contributed by atoms with van der Waals surface area (Å²) in [5, 5.41) is 0. The van der Waals surface area contributed by atoms with Crippen LogP contribution in [-0.4, -0.2) is 31.0 Å². The van der Waals surface area contributed by atoms with Gasteiger partial charge in [-0.15, -0.1) is 11.6 Å². The lowest BCUT2D eigenvalue weighted by Crippen LogP contribution is -2.07. The van der Waals surface area contributed by atoms with Crippen LogP contribution >= 0.6 is 11.6 Å². The fourth-order valence-electron chi connectivity index (χ4n) is 0.771. The van der Waals surface area contributed by atoms with Crippen molar-refractivity contribution in [2.45, 2.75) is 19.3 Å². The minimum atomic E-state index is -0.436. The minimum absolute atomic E-state index is 0.229. The van der Waals surface area contributed by atoms with Gasteiger partial charge < -0.3 is 9.47 Å². The Hall–Kier alpha value is -1.03. The van der Waals surface area contributed by atoms with E-state index < -0.39 is 5.97 Å². The van der Waals surface area contributed by atoms with Gasteiger partial charge in [0.2, 0.25) is 0 Å². The molecule has 0 unspecified atom stereocenters. The molecule has 0 saturated heterocycles. The van der Waals surface area contributed by atoms with Gasteiger partial charge in [0, 0.05) is 12.0 Å². The van der Waals surface area contributed by atoms with Crippen molar-refractivity contribution in [3.63, 3.8) is 0 Å². The maximum atomic E-state index is 10.8. The predicted molar refractivity (Wildman–Crippen MR) is 56.7 cm³/mol. The molecule has 0 atom stereocenters. The van der Waals surface area contributed by atoms with E-state index in [1.807, 2.05) is 0 Å². The quantitative estimate of drug-likeness (QED) is 0.277. The van der Waals surface area contributed by atoms with Crippen LogP contribution in [-0.2, 0) is 19.1 Å². The number of hydrogen-bond donors (Lipinski definition) is 0. The smallest absolute Gasteiger partial charge is 0.330 e. The lowest BCUT2D eigenvalue weighted by molar-refractivity contribution is -0.144. The maximum absolute atomic E-state index is 10.8. The molecule has 0 saturated carbocycles. The van der Waals surface area contributed by atoms with Crippen LogP contribution in [0.15, 0.2) is 12.7 Å². The van der Waals surface area contributed by atoms with Gasteiger partial charge in [0.15, 0.2) is 0 Å². The first-order valence-electron chi connectivity index (χ1n) is 4.71. The van der Waals surface area contributed by atoms with Crippen LogP contribution < -0.4 is 0 Å². The van der Waals surface area contributed by atoms with Gasteiger partial charge in [0.1, 0.15) is 0 Å². The van der Waals surface area contributed by atoms with Crippen molar-refractivity contribution in [2.24, 2.45) is 0 Å². The van der Waals surface area contributed by atoms with Crippen LogP contribution in [0.1, 0.15) is 19.3 Å². The number of esters is 2. The van der Waals surface area contributed by atoms with Crippen LogP contribution in [0, 0.1) is 0 Å². The zero-order valence-corrected chi connectivity index (χ0v) is 9.29. The van der Waals surface area contributed by atoms with E-state index in [1.54, 1.807) is 0 Å². The van der Waals surface area contributed by atoms with Gasteiger partial charge in [-0.25, -0.2) is 4.79 Å². The zero-order valence-electron chi connectivity index (χ0n) is 8.54. The van der Waals surface area contributed by atoms with E-state index in [-0.39, 0.29) is 18.3 Å². The number of alkyl halides is 1. The van der Waals surface area contributed by atoms with E-state index in [0.717, 1.165) is 6.08 Å². The van der Waals surface area contributed by atoms with Gasteiger partial charge in [0.05, 0.1) is 19.6 Å². The summed E-state index contributed by atoms with van der Waals surface area (Å²) in [4.78, 5) is 21.4. The van der Waals surface area contributed by atoms with Gasteiger partial charge in [0.25, 0.3) is 0 Å². The Kier molecular flexibility index (Phi) is 8.87. The summed E-state index contributed by atoms with van der Waals surface area (Å²) in [5.41, 5.74) is 0. The van der Waals surface area contributed by atoms with E-state index in [1.165, 1.54) is 0 Å². The van der Waals surface area contributed by atoms with Crippen LogP contribution in [0.5, 0.6) is 0 Å². The Morgan fingerprint density at radius 3 is 2.33 bits per heavy atom. The Balaban J connectivity index is 3.21. The van der Waals surface area contributed by atoms with Crippen molar-refractivity contribution in [3.8, 4) is 0 Å². The molecule has 15 heavy (non-hydrogen) atoms. The lowest BCUT2D eigenvalue weighted by atomic mass is 10.3. The van der Waals surface area contributed by atoms with Gasteiger partial charge >= 0.3 is 11.9 Å². The topological polar surface area (TPSA) is 52.6 Å². The molecule has 0 bridgehead atoms. The first-order chi connectivity index (χ1) is 7.20. The SMILES string of the molecule is C=CC(=O)OCCCCOC(=O)CCCl. The monoisotopic (exact) mass is 234 g/mol. The second kappa shape index (κ2) is 9.52. The molecule has 0 aliphatic rings. The summed E-state index contributed by atoms with van der Waals surface area (Å²) in [6, 6.07) is 0. The molecule has 0 radical (unpaired) electrons. The fraction of sp³-hybridized carbons (Fsp3) is 0.600. The fourth-order valence-corrected chi connectivity index (χ4v) is 0.925. The zero-order chi connectivity index (χ0) is 11.5. The highest BCUT2D eigenvalue weighted by Gasteiger charge is 2.00. The molecule has 5 heteroatoms. The van der Waals surface area contributed by atoms with Gasteiger partial charge in [-0.05, 0) is 12.8 Å². The largest absolute Gasteiger partial charge is 0.466 e. The molecule has 0 aromatic heterocycles. The average Bonchev–Trinajstić information content (AvgIpc) is 2.23. The van der Waals surface area contributed by atoms with E-state index in [2.05, 4.69) is 6.58 Å².